The summed E-state index contributed by atoms with van der Waals surface area (Å²) in [6, 6.07) is 6.33. The summed E-state index contributed by atoms with van der Waals surface area (Å²) in [6.07, 6.45) is 2.03. The molecule has 1 N–H and O–H groups in total. The Kier molecular flexibility index (Phi) is 9.09. The van der Waals surface area contributed by atoms with Crippen molar-refractivity contribution in [1.82, 2.24) is 9.80 Å². The van der Waals surface area contributed by atoms with Crippen LogP contribution in [0.5, 0.6) is 0 Å². The van der Waals surface area contributed by atoms with Gasteiger partial charge in [0.15, 0.2) is 11.8 Å². The Balaban J connectivity index is 1.50. The number of ether oxygens (including phenoxy) is 1. The van der Waals surface area contributed by atoms with Gasteiger partial charge in [0.1, 0.15) is 5.25 Å². The zero-order chi connectivity index (χ0) is 24.7. The van der Waals surface area contributed by atoms with Crippen molar-refractivity contribution in [3.8, 4) is 0 Å². The second kappa shape index (κ2) is 12.0. The van der Waals surface area contributed by atoms with E-state index in [0.717, 1.165) is 25.9 Å². The summed E-state index contributed by atoms with van der Waals surface area (Å²) < 4.78 is 5.20. The molecular weight excluding hydrogens is 456 g/mol. The number of carbonyl (C=O) groups excluding carboxylic acids is 4. The highest BCUT2D eigenvalue weighted by Crippen LogP contribution is 2.27. The maximum absolute atomic E-state index is 12.5. The minimum absolute atomic E-state index is 0.0186. The summed E-state index contributed by atoms with van der Waals surface area (Å²) in [5.41, 5.74) is 0.645. The highest BCUT2D eigenvalue weighted by Gasteiger charge is 2.32. The van der Waals surface area contributed by atoms with Crippen LogP contribution >= 0.6 is 11.8 Å². The van der Waals surface area contributed by atoms with Crippen LogP contribution in [0.2, 0.25) is 0 Å². The van der Waals surface area contributed by atoms with Crippen molar-refractivity contribution in [2.45, 2.75) is 45.3 Å². The predicted octanol–water partition coefficient (Wildman–Crippen LogP) is 2.77. The number of amidine groups is 1. The molecule has 0 bridgehead atoms. The third kappa shape index (κ3) is 6.82. The fraction of sp³-hybridized carbons (Fsp3) is 0.542. The van der Waals surface area contributed by atoms with Gasteiger partial charge in [-0.3, -0.25) is 14.4 Å². The number of piperidine rings is 1. The molecule has 0 spiro atoms. The lowest BCUT2D eigenvalue weighted by Crippen LogP contribution is -2.41. The second-order valence-corrected chi connectivity index (χ2v) is 9.68. The summed E-state index contributed by atoms with van der Waals surface area (Å²) in [5, 5.41) is 2.81. The first kappa shape index (κ1) is 25.7. The number of benzene rings is 1. The zero-order valence-electron chi connectivity index (χ0n) is 19.9. The van der Waals surface area contributed by atoms with E-state index in [0.29, 0.717) is 29.9 Å². The van der Waals surface area contributed by atoms with Crippen molar-refractivity contribution in [1.29, 1.82) is 0 Å². The van der Waals surface area contributed by atoms with E-state index in [-0.39, 0.29) is 36.3 Å². The Hall–Kier alpha value is -2.88. The quantitative estimate of drug-likeness (QED) is 0.561. The third-order valence-electron chi connectivity index (χ3n) is 5.85. The molecule has 3 rings (SSSR count). The number of carbonyl (C=O) groups is 4. The Bertz CT molecular complexity index is 962. The van der Waals surface area contributed by atoms with Gasteiger partial charge in [0.05, 0.1) is 5.56 Å². The van der Waals surface area contributed by atoms with Crippen LogP contribution in [0.4, 0.5) is 5.69 Å². The van der Waals surface area contributed by atoms with E-state index in [1.54, 1.807) is 23.1 Å². The molecule has 1 aromatic rings. The van der Waals surface area contributed by atoms with Gasteiger partial charge >= 0.3 is 5.97 Å². The van der Waals surface area contributed by atoms with Crippen molar-refractivity contribution in [3.05, 3.63) is 29.8 Å². The molecule has 1 saturated heterocycles. The topological polar surface area (TPSA) is 108 Å². The number of hydrogen-bond donors (Lipinski definition) is 1. The molecule has 2 heterocycles. The molecule has 2 aliphatic heterocycles. The number of nitrogens with one attached hydrogen (secondary N) is 1. The van der Waals surface area contributed by atoms with Crippen molar-refractivity contribution in [2.75, 3.05) is 38.1 Å². The van der Waals surface area contributed by atoms with Crippen LogP contribution in [-0.2, 0) is 19.1 Å². The Labute approximate surface area is 204 Å². The van der Waals surface area contributed by atoms with Crippen LogP contribution in [0.1, 0.15) is 50.4 Å². The lowest BCUT2D eigenvalue weighted by Gasteiger charge is -2.30. The number of hydrogen-bond acceptors (Lipinski definition) is 7. The molecule has 2 atom stereocenters. The number of thioether (sulfide) groups is 1. The average Bonchev–Trinajstić information content (AvgIpc) is 3.17. The monoisotopic (exact) mass is 488 g/mol. The molecule has 0 aromatic heterocycles. The summed E-state index contributed by atoms with van der Waals surface area (Å²) in [4.78, 5) is 57.3. The number of likely N-dealkylation sites (tertiary alicyclic amines) is 1. The van der Waals surface area contributed by atoms with E-state index in [9.17, 15) is 19.2 Å². The number of nitrogens with zero attached hydrogens (tertiary/aromatic N) is 3. The number of anilines is 1. The molecule has 3 amide bonds. The molecule has 2 unspecified atom stereocenters. The van der Waals surface area contributed by atoms with Gasteiger partial charge in [-0.25, -0.2) is 4.79 Å². The van der Waals surface area contributed by atoms with Crippen LogP contribution in [0.3, 0.4) is 0 Å². The molecule has 10 heteroatoms. The van der Waals surface area contributed by atoms with Crippen LogP contribution in [0, 0.1) is 5.92 Å². The molecule has 184 valence electrons. The highest BCUT2D eigenvalue weighted by atomic mass is 32.2. The van der Waals surface area contributed by atoms with Crippen molar-refractivity contribution in [3.63, 3.8) is 0 Å². The predicted molar refractivity (Wildman–Crippen MR) is 132 cm³/mol. The van der Waals surface area contributed by atoms with Gasteiger partial charge < -0.3 is 19.9 Å². The zero-order valence-corrected chi connectivity index (χ0v) is 20.7. The molecule has 0 radical (unpaired) electrons. The Morgan fingerprint density at radius 2 is 2.03 bits per heavy atom. The molecule has 2 aliphatic rings. The summed E-state index contributed by atoms with van der Waals surface area (Å²) >= 11 is 1.30. The minimum atomic E-state index is -0.631. The molecule has 1 aromatic carbocycles. The lowest BCUT2D eigenvalue weighted by atomic mass is 10.0. The van der Waals surface area contributed by atoms with Gasteiger partial charge in [0, 0.05) is 38.3 Å². The van der Waals surface area contributed by atoms with E-state index in [4.69, 9.17) is 4.74 Å². The first-order valence-electron chi connectivity index (χ1n) is 11.7. The largest absolute Gasteiger partial charge is 0.452 e. The van der Waals surface area contributed by atoms with E-state index < -0.39 is 11.2 Å². The van der Waals surface area contributed by atoms with Gasteiger partial charge in [-0.05, 0) is 50.8 Å². The molecule has 0 saturated carbocycles. The van der Waals surface area contributed by atoms with Gasteiger partial charge in [0.25, 0.3) is 11.8 Å². The normalized spacial score (nSPS) is 20.0. The standard InChI is InChI=1S/C24H32N4O5S/c1-4-27(5-2)24-26-22(31)19(34-24)13-20(29)25-18-10-6-9-17(12-18)23(32)33-15-21(30)28-11-7-8-16(3)14-28/h6,9-10,12,16,19H,4-5,7-8,11,13-15H2,1-3H3,(H,25,29). The first-order valence-corrected chi connectivity index (χ1v) is 12.6. The molecule has 1 fully saturated rings. The average molecular weight is 489 g/mol. The SMILES string of the molecule is CCN(CC)C1=NC(=O)C(CC(=O)Nc2cccc(C(=O)OCC(=O)N3CCCC(C)C3)c2)S1. The maximum Gasteiger partial charge on any atom is 0.338 e. The first-order chi connectivity index (χ1) is 16.3. The Morgan fingerprint density at radius 3 is 2.74 bits per heavy atom. The Morgan fingerprint density at radius 1 is 1.26 bits per heavy atom. The fourth-order valence-corrected chi connectivity index (χ4v) is 5.15. The van der Waals surface area contributed by atoms with Gasteiger partial charge in [-0.15, -0.1) is 0 Å². The number of rotatable bonds is 8. The van der Waals surface area contributed by atoms with Crippen LogP contribution in [0.15, 0.2) is 29.3 Å². The van der Waals surface area contributed by atoms with E-state index >= 15 is 0 Å². The van der Waals surface area contributed by atoms with E-state index in [1.165, 1.54) is 17.8 Å². The molecule has 0 aliphatic carbocycles. The summed E-state index contributed by atoms with van der Waals surface area (Å²) in [5.74, 6) is -1.04. The van der Waals surface area contributed by atoms with Gasteiger partial charge in [0.2, 0.25) is 5.91 Å². The van der Waals surface area contributed by atoms with Crippen LogP contribution < -0.4 is 5.32 Å². The third-order valence-corrected chi connectivity index (χ3v) is 7.07. The van der Waals surface area contributed by atoms with Crippen molar-refractivity contribution in [2.24, 2.45) is 10.9 Å². The van der Waals surface area contributed by atoms with Crippen LogP contribution in [-0.4, -0.2) is 76.7 Å². The van der Waals surface area contributed by atoms with E-state index in [2.05, 4.69) is 17.2 Å². The minimum Gasteiger partial charge on any atom is -0.452 e. The lowest BCUT2D eigenvalue weighted by molar-refractivity contribution is -0.136. The maximum atomic E-state index is 12.5. The van der Waals surface area contributed by atoms with E-state index in [1.807, 2.05) is 18.7 Å². The molecule has 34 heavy (non-hydrogen) atoms. The van der Waals surface area contributed by atoms with Gasteiger partial charge in [-0.1, -0.05) is 24.8 Å². The number of aliphatic imine (C=N–C) groups is 1. The van der Waals surface area contributed by atoms with Gasteiger partial charge in [-0.2, -0.15) is 4.99 Å². The summed E-state index contributed by atoms with van der Waals surface area (Å²) in [6.45, 7) is 8.60. The highest BCUT2D eigenvalue weighted by molar-refractivity contribution is 8.15. The fourth-order valence-electron chi connectivity index (χ4n) is 3.96. The second-order valence-electron chi connectivity index (χ2n) is 8.51. The van der Waals surface area contributed by atoms with Crippen LogP contribution in [0.25, 0.3) is 0 Å². The van der Waals surface area contributed by atoms with Crippen molar-refractivity contribution < 1.29 is 23.9 Å². The molecular formula is C24H32N4O5S. The number of amides is 3. The van der Waals surface area contributed by atoms with Crippen molar-refractivity contribution >= 4 is 46.3 Å². The smallest absolute Gasteiger partial charge is 0.338 e. The number of esters is 1. The summed E-state index contributed by atoms with van der Waals surface area (Å²) in [7, 11) is 0. The molecule has 9 nitrogen and oxygen atoms in total.